The third-order valence-electron chi connectivity index (χ3n) is 2.18. The van der Waals surface area contributed by atoms with Crippen LogP contribution in [-0.2, 0) is 0 Å². The zero-order valence-electron chi connectivity index (χ0n) is 9.38. The van der Waals surface area contributed by atoms with E-state index in [1.54, 1.807) is 24.7 Å². The summed E-state index contributed by atoms with van der Waals surface area (Å²) in [6.07, 6.45) is 6.44. The van der Waals surface area contributed by atoms with Crippen molar-refractivity contribution in [3.8, 4) is 17.3 Å². The van der Waals surface area contributed by atoms with Crippen molar-refractivity contribution in [2.24, 2.45) is 0 Å². The van der Waals surface area contributed by atoms with Crippen molar-refractivity contribution in [3.63, 3.8) is 0 Å². The van der Waals surface area contributed by atoms with Gasteiger partial charge in [0.15, 0.2) is 5.82 Å². The summed E-state index contributed by atoms with van der Waals surface area (Å²) in [6.45, 7) is 2.75. The molecule has 5 nitrogen and oxygen atoms in total. The molecule has 0 bridgehead atoms. The Kier molecular flexibility index (Phi) is 3.26. The number of nitrogens with zero attached hydrogens (tertiary/aromatic N) is 4. The number of nitrogens with one attached hydrogen (secondary N) is 1. The van der Waals surface area contributed by atoms with E-state index < -0.39 is 0 Å². The predicted octanol–water partition coefficient (Wildman–Crippen LogP) is 1.84. The van der Waals surface area contributed by atoms with E-state index in [2.05, 4.69) is 26.3 Å². The second-order valence-corrected chi connectivity index (χ2v) is 3.36. The molecule has 0 aromatic carbocycles. The highest BCUT2D eigenvalue weighted by Gasteiger charge is 2.07. The summed E-state index contributed by atoms with van der Waals surface area (Å²) in [4.78, 5) is 12.5. The van der Waals surface area contributed by atoms with Gasteiger partial charge in [0.05, 0.1) is 5.56 Å². The lowest BCUT2D eigenvalue weighted by molar-refractivity contribution is 1.12. The molecule has 0 aliphatic carbocycles. The molecule has 2 aromatic heterocycles. The van der Waals surface area contributed by atoms with Crippen LogP contribution >= 0.6 is 0 Å². The van der Waals surface area contributed by atoms with Crippen LogP contribution in [0.5, 0.6) is 0 Å². The quantitative estimate of drug-likeness (QED) is 0.862. The van der Waals surface area contributed by atoms with Crippen LogP contribution in [0.25, 0.3) is 11.3 Å². The topological polar surface area (TPSA) is 74.5 Å². The molecule has 2 aromatic rings. The molecule has 0 amide bonds. The van der Waals surface area contributed by atoms with Crippen molar-refractivity contribution in [2.45, 2.75) is 6.92 Å². The van der Waals surface area contributed by atoms with E-state index in [4.69, 9.17) is 5.26 Å². The van der Waals surface area contributed by atoms with Crippen LogP contribution in [0.2, 0.25) is 0 Å². The summed E-state index contributed by atoms with van der Waals surface area (Å²) in [5, 5.41) is 12.0. The van der Waals surface area contributed by atoms with Gasteiger partial charge < -0.3 is 5.32 Å². The number of nitriles is 1. The fourth-order valence-electron chi connectivity index (χ4n) is 1.48. The standard InChI is InChI=1S/C12H11N5/c1-2-15-12-11(16-3-4-17-12)10-5-9(6-13)7-14-8-10/h3-5,7-8H,2H2,1H3,(H,15,17). The molecule has 84 valence electrons. The molecular formula is C12H11N5. The Hall–Kier alpha value is -2.48. The Morgan fingerprint density at radius 3 is 2.88 bits per heavy atom. The van der Waals surface area contributed by atoms with Gasteiger partial charge in [-0.1, -0.05) is 0 Å². The Balaban J connectivity index is 2.48. The second kappa shape index (κ2) is 5.03. The number of rotatable bonds is 3. The SMILES string of the molecule is CCNc1nccnc1-c1cncc(C#N)c1. The lowest BCUT2D eigenvalue weighted by Crippen LogP contribution is -2.02. The molecule has 5 heteroatoms. The zero-order chi connectivity index (χ0) is 12.1. The van der Waals surface area contributed by atoms with E-state index in [0.29, 0.717) is 17.1 Å². The summed E-state index contributed by atoms with van der Waals surface area (Å²) < 4.78 is 0. The van der Waals surface area contributed by atoms with Gasteiger partial charge in [0.1, 0.15) is 11.8 Å². The van der Waals surface area contributed by atoms with Crippen molar-refractivity contribution in [2.75, 3.05) is 11.9 Å². The molecule has 0 aliphatic rings. The zero-order valence-corrected chi connectivity index (χ0v) is 9.38. The first-order valence-electron chi connectivity index (χ1n) is 5.25. The summed E-state index contributed by atoms with van der Waals surface area (Å²) >= 11 is 0. The van der Waals surface area contributed by atoms with Crippen LogP contribution in [0.15, 0.2) is 30.9 Å². The summed E-state index contributed by atoms with van der Waals surface area (Å²) in [5.74, 6) is 0.701. The smallest absolute Gasteiger partial charge is 0.152 e. The first kappa shape index (κ1) is 11.0. The van der Waals surface area contributed by atoms with Crippen molar-refractivity contribution in [1.29, 1.82) is 5.26 Å². The Labute approximate surface area is 99.2 Å². The highest BCUT2D eigenvalue weighted by atomic mass is 15.0. The molecule has 0 spiro atoms. The molecule has 0 unspecified atom stereocenters. The van der Waals surface area contributed by atoms with E-state index >= 15 is 0 Å². The highest BCUT2D eigenvalue weighted by Crippen LogP contribution is 2.22. The van der Waals surface area contributed by atoms with Crippen LogP contribution < -0.4 is 5.32 Å². The van der Waals surface area contributed by atoms with E-state index in [1.165, 1.54) is 6.20 Å². The first-order chi connectivity index (χ1) is 8.35. The Bertz CT molecular complexity index is 559. The van der Waals surface area contributed by atoms with Gasteiger partial charge in [0.2, 0.25) is 0 Å². The number of hydrogen-bond donors (Lipinski definition) is 1. The van der Waals surface area contributed by atoms with Crippen molar-refractivity contribution in [1.82, 2.24) is 15.0 Å². The summed E-state index contributed by atoms with van der Waals surface area (Å²) in [5.41, 5.74) is 2.00. The van der Waals surface area contributed by atoms with Crippen LogP contribution in [0.4, 0.5) is 5.82 Å². The third-order valence-corrected chi connectivity index (χ3v) is 2.18. The number of hydrogen-bond acceptors (Lipinski definition) is 5. The maximum absolute atomic E-state index is 8.84. The van der Waals surface area contributed by atoms with Crippen LogP contribution in [0.3, 0.4) is 0 Å². The van der Waals surface area contributed by atoms with Crippen LogP contribution in [-0.4, -0.2) is 21.5 Å². The molecule has 0 radical (unpaired) electrons. The summed E-state index contributed by atoms with van der Waals surface area (Å²) in [7, 11) is 0. The van der Waals surface area contributed by atoms with E-state index in [0.717, 1.165) is 12.1 Å². The third kappa shape index (κ3) is 2.37. The normalized spacial score (nSPS) is 9.65. The highest BCUT2D eigenvalue weighted by molar-refractivity contribution is 5.71. The molecule has 0 fully saturated rings. The van der Waals surface area contributed by atoms with Gasteiger partial charge in [-0.15, -0.1) is 0 Å². The minimum Gasteiger partial charge on any atom is -0.369 e. The van der Waals surface area contributed by atoms with E-state index in [-0.39, 0.29) is 0 Å². The first-order valence-corrected chi connectivity index (χ1v) is 5.25. The molecule has 2 heterocycles. The van der Waals surface area contributed by atoms with E-state index in [1.807, 2.05) is 6.92 Å². The molecule has 0 saturated heterocycles. The molecule has 2 rings (SSSR count). The second-order valence-electron chi connectivity index (χ2n) is 3.36. The predicted molar refractivity (Wildman–Crippen MR) is 64.1 cm³/mol. The van der Waals surface area contributed by atoms with Gasteiger partial charge in [0.25, 0.3) is 0 Å². The maximum Gasteiger partial charge on any atom is 0.152 e. The molecular weight excluding hydrogens is 214 g/mol. The largest absolute Gasteiger partial charge is 0.369 e. The van der Waals surface area contributed by atoms with Gasteiger partial charge in [0, 0.05) is 36.9 Å². The Morgan fingerprint density at radius 1 is 1.29 bits per heavy atom. The molecule has 0 atom stereocenters. The average Bonchev–Trinajstić information content (AvgIpc) is 2.40. The minimum atomic E-state index is 0.510. The van der Waals surface area contributed by atoms with Gasteiger partial charge in [-0.3, -0.25) is 9.97 Å². The molecule has 1 N–H and O–H groups in total. The van der Waals surface area contributed by atoms with E-state index in [9.17, 15) is 0 Å². The molecule has 0 saturated carbocycles. The number of anilines is 1. The Morgan fingerprint density at radius 2 is 2.12 bits per heavy atom. The van der Waals surface area contributed by atoms with Gasteiger partial charge in [-0.25, -0.2) is 4.98 Å². The van der Waals surface area contributed by atoms with Crippen molar-refractivity contribution in [3.05, 3.63) is 36.4 Å². The maximum atomic E-state index is 8.84. The van der Waals surface area contributed by atoms with Gasteiger partial charge in [-0.2, -0.15) is 5.26 Å². The summed E-state index contributed by atoms with van der Waals surface area (Å²) in [6, 6.07) is 3.81. The van der Waals surface area contributed by atoms with Crippen molar-refractivity contribution < 1.29 is 0 Å². The van der Waals surface area contributed by atoms with Crippen LogP contribution in [0.1, 0.15) is 12.5 Å². The monoisotopic (exact) mass is 225 g/mol. The van der Waals surface area contributed by atoms with Gasteiger partial charge >= 0.3 is 0 Å². The fourth-order valence-corrected chi connectivity index (χ4v) is 1.48. The molecule has 0 aliphatic heterocycles. The number of aromatic nitrogens is 3. The van der Waals surface area contributed by atoms with Crippen molar-refractivity contribution >= 4 is 5.82 Å². The van der Waals surface area contributed by atoms with Crippen LogP contribution in [0, 0.1) is 11.3 Å². The lowest BCUT2D eigenvalue weighted by atomic mass is 10.1. The average molecular weight is 225 g/mol. The fraction of sp³-hybridized carbons (Fsp3) is 0.167. The minimum absolute atomic E-state index is 0.510. The molecule has 17 heavy (non-hydrogen) atoms. The number of pyridine rings is 1. The lowest BCUT2D eigenvalue weighted by Gasteiger charge is -2.07. The van der Waals surface area contributed by atoms with Gasteiger partial charge in [-0.05, 0) is 13.0 Å².